The van der Waals surface area contributed by atoms with E-state index in [1.165, 1.54) is 0 Å². The number of rotatable bonds is 5. The standard InChI is InChI=1S/C12H16ClN5O/c1-3-19-8(2)7-18-12(15-16-17-18)10-5-4-9(14)6-11(10)13/h4-6,8H,3,7,14H2,1-2H3. The Morgan fingerprint density at radius 3 is 2.95 bits per heavy atom. The van der Waals surface area contributed by atoms with Crippen LogP contribution in [0.4, 0.5) is 5.69 Å². The summed E-state index contributed by atoms with van der Waals surface area (Å²) < 4.78 is 7.16. The second-order valence-electron chi connectivity index (χ2n) is 4.19. The number of aromatic nitrogens is 4. The van der Waals surface area contributed by atoms with E-state index in [0.29, 0.717) is 29.7 Å². The Labute approximate surface area is 116 Å². The average Bonchev–Trinajstić information content (AvgIpc) is 2.77. The van der Waals surface area contributed by atoms with E-state index in [1.807, 2.05) is 19.9 Å². The molecule has 2 rings (SSSR count). The molecule has 0 radical (unpaired) electrons. The van der Waals surface area contributed by atoms with Crippen LogP contribution in [0.3, 0.4) is 0 Å². The van der Waals surface area contributed by atoms with Crippen LogP contribution in [0.15, 0.2) is 18.2 Å². The summed E-state index contributed by atoms with van der Waals surface area (Å²) in [6.45, 7) is 5.14. The topological polar surface area (TPSA) is 78.8 Å². The summed E-state index contributed by atoms with van der Waals surface area (Å²) in [5, 5.41) is 12.2. The van der Waals surface area contributed by atoms with Gasteiger partial charge < -0.3 is 10.5 Å². The summed E-state index contributed by atoms with van der Waals surface area (Å²) in [7, 11) is 0. The highest BCUT2D eigenvalue weighted by Crippen LogP contribution is 2.27. The van der Waals surface area contributed by atoms with Gasteiger partial charge in [0, 0.05) is 17.9 Å². The number of nitrogen functional groups attached to an aromatic ring is 1. The van der Waals surface area contributed by atoms with Crippen LogP contribution in [-0.2, 0) is 11.3 Å². The van der Waals surface area contributed by atoms with Gasteiger partial charge in [-0.2, -0.15) is 0 Å². The van der Waals surface area contributed by atoms with Crippen LogP contribution in [-0.4, -0.2) is 32.9 Å². The fourth-order valence-electron chi connectivity index (χ4n) is 1.81. The number of nitrogens with two attached hydrogens (primary N) is 1. The Morgan fingerprint density at radius 2 is 2.26 bits per heavy atom. The molecular formula is C12H16ClN5O. The number of ether oxygens (including phenoxy) is 1. The van der Waals surface area contributed by atoms with Crippen molar-refractivity contribution in [1.82, 2.24) is 20.2 Å². The first-order valence-corrected chi connectivity index (χ1v) is 6.42. The molecule has 1 aromatic heterocycles. The number of benzene rings is 1. The molecule has 0 saturated carbocycles. The first kappa shape index (κ1) is 13.8. The Kier molecular flexibility index (Phi) is 4.34. The van der Waals surface area contributed by atoms with Crippen LogP contribution < -0.4 is 5.73 Å². The van der Waals surface area contributed by atoms with Crippen molar-refractivity contribution in [2.75, 3.05) is 12.3 Å². The van der Waals surface area contributed by atoms with E-state index in [1.54, 1.807) is 16.8 Å². The molecule has 0 aliphatic heterocycles. The van der Waals surface area contributed by atoms with Gasteiger partial charge in [-0.15, -0.1) is 5.10 Å². The molecule has 6 nitrogen and oxygen atoms in total. The first-order valence-electron chi connectivity index (χ1n) is 6.05. The van der Waals surface area contributed by atoms with Crippen molar-refractivity contribution in [2.45, 2.75) is 26.5 Å². The maximum Gasteiger partial charge on any atom is 0.183 e. The lowest BCUT2D eigenvalue weighted by Crippen LogP contribution is -2.18. The summed E-state index contributed by atoms with van der Waals surface area (Å²) in [5.41, 5.74) is 7.04. The minimum atomic E-state index is 0.0276. The molecule has 2 N–H and O–H groups in total. The van der Waals surface area contributed by atoms with Crippen LogP contribution >= 0.6 is 11.6 Å². The van der Waals surface area contributed by atoms with Gasteiger partial charge in [-0.3, -0.25) is 0 Å². The summed E-state index contributed by atoms with van der Waals surface area (Å²) in [5.74, 6) is 0.608. The number of halogens is 1. The fourth-order valence-corrected chi connectivity index (χ4v) is 2.09. The monoisotopic (exact) mass is 281 g/mol. The van der Waals surface area contributed by atoms with Gasteiger partial charge >= 0.3 is 0 Å². The highest BCUT2D eigenvalue weighted by atomic mass is 35.5. The average molecular weight is 282 g/mol. The van der Waals surface area contributed by atoms with E-state index >= 15 is 0 Å². The molecule has 2 aromatic rings. The summed E-state index contributed by atoms with van der Waals surface area (Å²) in [6.07, 6.45) is 0.0276. The molecule has 0 amide bonds. The van der Waals surface area contributed by atoms with Crippen molar-refractivity contribution >= 4 is 17.3 Å². The third kappa shape index (κ3) is 3.21. The van der Waals surface area contributed by atoms with Gasteiger partial charge in [0.25, 0.3) is 0 Å². The molecule has 1 atom stereocenters. The van der Waals surface area contributed by atoms with Crippen LogP contribution in [0.2, 0.25) is 5.02 Å². The molecule has 1 unspecified atom stereocenters. The molecular weight excluding hydrogens is 266 g/mol. The summed E-state index contributed by atoms with van der Waals surface area (Å²) in [6, 6.07) is 5.26. The van der Waals surface area contributed by atoms with Gasteiger partial charge in [0.15, 0.2) is 5.82 Å². The molecule has 102 valence electrons. The molecule has 0 aliphatic rings. The molecule has 19 heavy (non-hydrogen) atoms. The Hall–Kier alpha value is -1.66. The van der Waals surface area contributed by atoms with E-state index in [-0.39, 0.29) is 6.10 Å². The largest absolute Gasteiger partial charge is 0.399 e. The van der Waals surface area contributed by atoms with Crippen LogP contribution in [0.25, 0.3) is 11.4 Å². The summed E-state index contributed by atoms with van der Waals surface area (Å²) in [4.78, 5) is 0. The van der Waals surface area contributed by atoms with E-state index in [0.717, 1.165) is 5.56 Å². The van der Waals surface area contributed by atoms with Gasteiger partial charge in [-0.05, 0) is 42.5 Å². The van der Waals surface area contributed by atoms with Gasteiger partial charge in [-0.1, -0.05) is 11.6 Å². The third-order valence-electron chi connectivity index (χ3n) is 2.65. The molecule has 0 bridgehead atoms. The number of hydrogen-bond donors (Lipinski definition) is 1. The molecule has 0 spiro atoms. The normalized spacial score (nSPS) is 12.6. The molecule has 0 aliphatic carbocycles. The quantitative estimate of drug-likeness (QED) is 0.848. The Morgan fingerprint density at radius 1 is 1.47 bits per heavy atom. The van der Waals surface area contributed by atoms with Crippen LogP contribution in [0.1, 0.15) is 13.8 Å². The summed E-state index contributed by atoms with van der Waals surface area (Å²) >= 11 is 6.17. The van der Waals surface area contributed by atoms with Crippen LogP contribution in [0, 0.1) is 0 Å². The number of anilines is 1. The zero-order chi connectivity index (χ0) is 13.8. The lowest BCUT2D eigenvalue weighted by atomic mass is 10.2. The van der Waals surface area contributed by atoms with Gasteiger partial charge in [0.2, 0.25) is 0 Å². The molecule has 0 saturated heterocycles. The minimum absolute atomic E-state index is 0.0276. The second-order valence-corrected chi connectivity index (χ2v) is 4.60. The number of nitrogens with zero attached hydrogens (tertiary/aromatic N) is 4. The van der Waals surface area contributed by atoms with Crippen LogP contribution in [0.5, 0.6) is 0 Å². The molecule has 1 heterocycles. The lowest BCUT2D eigenvalue weighted by Gasteiger charge is -2.12. The SMILES string of the molecule is CCOC(C)Cn1nnnc1-c1ccc(N)cc1Cl. The van der Waals surface area contributed by atoms with Crippen molar-refractivity contribution < 1.29 is 4.74 Å². The molecule has 0 fully saturated rings. The Bertz CT molecular complexity index is 557. The predicted molar refractivity (Wildman–Crippen MR) is 73.8 cm³/mol. The van der Waals surface area contributed by atoms with Crippen molar-refractivity contribution in [1.29, 1.82) is 0 Å². The fraction of sp³-hybridized carbons (Fsp3) is 0.417. The van der Waals surface area contributed by atoms with E-state index in [2.05, 4.69) is 15.5 Å². The van der Waals surface area contributed by atoms with E-state index in [9.17, 15) is 0 Å². The third-order valence-corrected chi connectivity index (χ3v) is 2.96. The lowest BCUT2D eigenvalue weighted by molar-refractivity contribution is 0.0614. The van der Waals surface area contributed by atoms with Crippen molar-refractivity contribution in [3.8, 4) is 11.4 Å². The zero-order valence-corrected chi connectivity index (χ0v) is 11.6. The zero-order valence-electron chi connectivity index (χ0n) is 10.9. The van der Waals surface area contributed by atoms with E-state index < -0.39 is 0 Å². The smallest absolute Gasteiger partial charge is 0.183 e. The number of hydrogen-bond acceptors (Lipinski definition) is 5. The predicted octanol–water partition coefficient (Wildman–Crippen LogP) is 2.00. The van der Waals surface area contributed by atoms with Gasteiger partial charge in [-0.25, -0.2) is 4.68 Å². The van der Waals surface area contributed by atoms with Crippen molar-refractivity contribution in [3.63, 3.8) is 0 Å². The maximum absolute atomic E-state index is 6.17. The van der Waals surface area contributed by atoms with Gasteiger partial charge in [0.1, 0.15) is 0 Å². The van der Waals surface area contributed by atoms with Gasteiger partial charge in [0.05, 0.1) is 17.7 Å². The van der Waals surface area contributed by atoms with E-state index in [4.69, 9.17) is 22.1 Å². The molecule has 7 heteroatoms. The maximum atomic E-state index is 6.17. The second kappa shape index (κ2) is 5.99. The Balaban J connectivity index is 2.28. The number of tetrazole rings is 1. The first-order chi connectivity index (χ1) is 9.11. The van der Waals surface area contributed by atoms with Crippen molar-refractivity contribution in [3.05, 3.63) is 23.2 Å². The van der Waals surface area contributed by atoms with Crippen molar-refractivity contribution in [2.24, 2.45) is 0 Å². The highest BCUT2D eigenvalue weighted by molar-refractivity contribution is 6.33. The minimum Gasteiger partial charge on any atom is -0.399 e. The highest BCUT2D eigenvalue weighted by Gasteiger charge is 2.14. The molecule has 1 aromatic carbocycles.